The third-order valence-corrected chi connectivity index (χ3v) is 4.65. The summed E-state index contributed by atoms with van der Waals surface area (Å²) in [5, 5.41) is 10.9. The summed E-state index contributed by atoms with van der Waals surface area (Å²) in [6.45, 7) is 0.655. The molecule has 144 valence electrons. The molecule has 0 atom stereocenters. The molecule has 1 amide bonds. The second-order valence-electron chi connectivity index (χ2n) is 6.68. The quantitative estimate of drug-likeness (QED) is 0.722. The van der Waals surface area contributed by atoms with Gasteiger partial charge in [-0.05, 0) is 53.9 Å². The summed E-state index contributed by atoms with van der Waals surface area (Å²) in [5.74, 6) is 0.618. The summed E-state index contributed by atoms with van der Waals surface area (Å²) in [5.41, 5.74) is -0.233. The number of halogens is 3. The predicted octanol–water partition coefficient (Wildman–Crippen LogP) is 4.47. The van der Waals surface area contributed by atoms with Crippen LogP contribution in [0, 0.1) is 0 Å². The van der Waals surface area contributed by atoms with Crippen LogP contribution in [0.4, 0.5) is 13.2 Å². The van der Waals surface area contributed by atoms with Crippen molar-refractivity contribution in [2.75, 3.05) is 13.1 Å². The summed E-state index contributed by atoms with van der Waals surface area (Å²) in [4.78, 5) is 14.0. The van der Waals surface area contributed by atoms with Gasteiger partial charge in [0.1, 0.15) is 11.5 Å². The molecule has 7 heteroatoms. The summed E-state index contributed by atoms with van der Waals surface area (Å²) < 4.78 is 43.8. The van der Waals surface area contributed by atoms with Crippen molar-refractivity contribution in [3.05, 3.63) is 71.8 Å². The van der Waals surface area contributed by atoms with Gasteiger partial charge in [-0.2, -0.15) is 13.2 Å². The number of hydrogen-bond donors (Lipinski definition) is 1. The van der Waals surface area contributed by atoms with Crippen LogP contribution in [0.3, 0.4) is 0 Å². The third kappa shape index (κ3) is 3.53. The smallest absolute Gasteiger partial charge is 0.416 e. The predicted molar refractivity (Wildman–Crippen MR) is 97.4 cm³/mol. The number of carbonyl (C=O) groups excluding carboxylic acids is 1. The first-order valence-corrected chi connectivity index (χ1v) is 8.66. The second kappa shape index (κ2) is 6.83. The van der Waals surface area contributed by atoms with Gasteiger partial charge in [-0.15, -0.1) is 0 Å². The fourth-order valence-corrected chi connectivity index (χ4v) is 3.12. The number of benzene rings is 3. The van der Waals surface area contributed by atoms with Gasteiger partial charge in [0, 0.05) is 24.0 Å². The molecule has 1 heterocycles. The molecule has 4 rings (SSSR count). The molecule has 0 saturated carbocycles. The molecule has 1 aliphatic rings. The number of amides is 1. The first-order valence-electron chi connectivity index (χ1n) is 8.66. The highest BCUT2D eigenvalue weighted by atomic mass is 19.4. The zero-order chi connectivity index (χ0) is 19.9. The fourth-order valence-electron chi connectivity index (χ4n) is 3.12. The van der Waals surface area contributed by atoms with Crippen LogP contribution < -0.4 is 4.74 Å². The zero-order valence-corrected chi connectivity index (χ0v) is 14.6. The maximum atomic E-state index is 12.7. The summed E-state index contributed by atoms with van der Waals surface area (Å²) >= 11 is 0. The lowest BCUT2D eigenvalue weighted by Gasteiger charge is -2.35. The Morgan fingerprint density at radius 3 is 2.39 bits per heavy atom. The van der Waals surface area contributed by atoms with Crippen LogP contribution in [-0.4, -0.2) is 35.1 Å². The minimum Gasteiger partial charge on any atom is -0.457 e. The Bertz CT molecular complexity index is 1030. The van der Waals surface area contributed by atoms with E-state index < -0.39 is 17.8 Å². The van der Waals surface area contributed by atoms with E-state index in [-0.39, 0.29) is 11.7 Å². The average Bonchev–Trinajstić information content (AvgIpc) is 2.64. The van der Waals surface area contributed by atoms with Crippen LogP contribution in [0.2, 0.25) is 0 Å². The van der Waals surface area contributed by atoms with Crippen molar-refractivity contribution >= 4 is 16.7 Å². The van der Waals surface area contributed by atoms with E-state index >= 15 is 0 Å². The Kier molecular flexibility index (Phi) is 4.47. The highest BCUT2D eigenvalue weighted by Gasteiger charge is 2.30. The minimum atomic E-state index is -4.40. The molecule has 1 saturated heterocycles. The summed E-state index contributed by atoms with van der Waals surface area (Å²) in [6, 6.07) is 14.9. The Morgan fingerprint density at radius 1 is 1.04 bits per heavy atom. The number of β-amino-alcohol motifs (C(OH)–C–C–N with tert-alkyl or cyclic N) is 1. The maximum Gasteiger partial charge on any atom is 0.416 e. The van der Waals surface area contributed by atoms with Crippen molar-refractivity contribution in [1.29, 1.82) is 0 Å². The van der Waals surface area contributed by atoms with Gasteiger partial charge in [-0.1, -0.05) is 12.1 Å². The van der Waals surface area contributed by atoms with Gasteiger partial charge in [0.15, 0.2) is 0 Å². The molecular weight excluding hydrogens is 371 g/mol. The van der Waals surface area contributed by atoms with Crippen LogP contribution >= 0.6 is 0 Å². The van der Waals surface area contributed by atoms with E-state index in [0.717, 1.165) is 22.9 Å². The van der Waals surface area contributed by atoms with E-state index in [0.29, 0.717) is 24.4 Å². The van der Waals surface area contributed by atoms with Crippen LogP contribution in [0.1, 0.15) is 15.9 Å². The van der Waals surface area contributed by atoms with E-state index in [4.69, 9.17) is 4.74 Å². The third-order valence-electron chi connectivity index (χ3n) is 4.65. The van der Waals surface area contributed by atoms with E-state index in [9.17, 15) is 23.1 Å². The molecule has 0 unspecified atom stereocenters. The highest BCUT2D eigenvalue weighted by molar-refractivity contribution is 6.00. The van der Waals surface area contributed by atoms with E-state index in [1.54, 1.807) is 35.2 Å². The molecule has 0 bridgehead atoms. The monoisotopic (exact) mass is 387 g/mol. The molecule has 1 N–H and O–H groups in total. The molecule has 0 aliphatic carbocycles. The first-order chi connectivity index (χ1) is 13.3. The molecule has 0 spiro atoms. The first kappa shape index (κ1) is 18.3. The standard InChI is InChI=1S/C21H16F3NO3/c22-21(23,24)15-5-7-17(8-6-15)28-19-3-1-2-13-10-14(4-9-18(13)19)20(27)25-11-16(26)12-25/h1-10,16,26H,11-12H2. The molecule has 0 radical (unpaired) electrons. The van der Waals surface area contributed by atoms with Crippen molar-refractivity contribution in [3.63, 3.8) is 0 Å². The highest BCUT2D eigenvalue weighted by Crippen LogP contribution is 2.34. The van der Waals surface area contributed by atoms with Gasteiger partial charge >= 0.3 is 6.18 Å². The lowest BCUT2D eigenvalue weighted by Crippen LogP contribution is -2.53. The molecule has 3 aromatic rings. The number of alkyl halides is 3. The van der Waals surface area contributed by atoms with Gasteiger partial charge in [-0.25, -0.2) is 0 Å². The molecule has 1 aliphatic heterocycles. The number of likely N-dealkylation sites (tertiary alicyclic amines) is 1. The Balaban J connectivity index is 1.59. The molecule has 3 aromatic carbocycles. The zero-order valence-electron chi connectivity index (χ0n) is 14.6. The number of nitrogens with zero attached hydrogens (tertiary/aromatic N) is 1. The largest absolute Gasteiger partial charge is 0.457 e. The molecule has 0 aromatic heterocycles. The number of carbonyl (C=O) groups is 1. The van der Waals surface area contributed by atoms with Crippen molar-refractivity contribution in [2.45, 2.75) is 12.3 Å². The Hall–Kier alpha value is -3.06. The minimum absolute atomic E-state index is 0.152. The van der Waals surface area contributed by atoms with Crippen molar-refractivity contribution in [1.82, 2.24) is 4.90 Å². The molecule has 4 nitrogen and oxygen atoms in total. The van der Waals surface area contributed by atoms with Gasteiger partial charge in [0.05, 0.1) is 11.7 Å². The van der Waals surface area contributed by atoms with Gasteiger partial charge in [0.2, 0.25) is 0 Å². The Morgan fingerprint density at radius 2 is 1.75 bits per heavy atom. The number of aliphatic hydroxyl groups excluding tert-OH is 1. The number of rotatable bonds is 3. The molecule has 28 heavy (non-hydrogen) atoms. The summed E-state index contributed by atoms with van der Waals surface area (Å²) in [7, 11) is 0. The van der Waals surface area contributed by atoms with Crippen molar-refractivity contribution in [2.24, 2.45) is 0 Å². The number of fused-ring (bicyclic) bond motifs is 1. The van der Waals surface area contributed by atoms with E-state index in [2.05, 4.69) is 0 Å². The van der Waals surface area contributed by atoms with Crippen molar-refractivity contribution < 1.29 is 27.8 Å². The van der Waals surface area contributed by atoms with E-state index in [1.165, 1.54) is 12.1 Å². The van der Waals surface area contributed by atoms with Crippen molar-refractivity contribution in [3.8, 4) is 11.5 Å². The number of hydrogen-bond acceptors (Lipinski definition) is 3. The van der Waals surface area contributed by atoms with Gasteiger partial charge < -0.3 is 14.7 Å². The number of aliphatic hydroxyl groups is 1. The molecular formula is C21H16F3NO3. The second-order valence-corrected chi connectivity index (χ2v) is 6.68. The number of ether oxygens (including phenoxy) is 1. The van der Waals surface area contributed by atoms with Crippen LogP contribution in [0.5, 0.6) is 11.5 Å². The lowest BCUT2D eigenvalue weighted by molar-refractivity contribution is -0.137. The van der Waals surface area contributed by atoms with Crippen LogP contribution in [0.25, 0.3) is 10.8 Å². The summed E-state index contributed by atoms with van der Waals surface area (Å²) in [6.07, 6.45) is -4.86. The Labute approximate surface area is 158 Å². The maximum absolute atomic E-state index is 12.7. The van der Waals surface area contributed by atoms with Crippen LogP contribution in [-0.2, 0) is 6.18 Å². The normalized spacial score (nSPS) is 14.8. The van der Waals surface area contributed by atoms with Gasteiger partial charge in [-0.3, -0.25) is 4.79 Å². The van der Waals surface area contributed by atoms with Gasteiger partial charge in [0.25, 0.3) is 5.91 Å². The fraction of sp³-hybridized carbons (Fsp3) is 0.190. The lowest BCUT2D eigenvalue weighted by atomic mass is 10.0. The topological polar surface area (TPSA) is 49.8 Å². The molecule has 1 fully saturated rings. The van der Waals surface area contributed by atoms with Crippen LogP contribution in [0.15, 0.2) is 60.7 Å². The average molecular weight is 387 g/mol. The van der Waals surface area contributed by atoms with E-state index in [1.807, 2.05) is 6.07 Å². The SMILES string of the molecule is O=C(c1ccc2c(Oc3ccc(C(F)(F)F)cc3)cccc2c1)N1CC(O)C1.